The standard InChI is InChI=1S/C76H52N4O6/c1-14-15-16-17-18-19-20-21-22-23-24-25-26-27-28-29-30-31-32-33-34-35-36-37-38-39-40-41-42-43-44-45-46-53-68(77(73(83)60(10)11)66-54-69(81)79(75(66)85)71-62(56(2)3)49-47-50-63(71)57(4)5)78(74(84)61(12)13)67-55-70(82)80(76(67)86)72-64(58(6)7)51-48-52-65(72)59(8)9/h47-52,54-59,81-82,85-86H,1,10,12H2,2-9,11,13H3. The van der Waals surface area contributed by atoms with Gasteiger partial charge in [0.25, 0.3) is 11.8 Å². The Hall–Kier alpha value is -13.1. The zero-order valence-electron chi connectivity index (χ0n) is 48.9. The number of rotatable bonds is 12. The van der Waals surface area contributed by atoms with Crippen LogP contribution in [0.5, 0.6) is 23.5 Å². The number of nitrogens with zero attached hydrogens (tertiary/aromatic N) is 4. The number of carbonyl (C=O) groups is 2. The van der Waals surface area contributed by atoms with Crippen molar-refractivity contribution < 1.29 is 30.0 Å². The molecule has 0 atom stereocenters. The summed E-state index contributed by atoms with van der Waals surface area (Å²) in [5, 5.41) is 48.6. The molecule has 0 fully saturated rings. The molecule has 10 nitrogen and oxygen atoms in total. The third-order valence-electron chi connectivity index (χ3n) is 11.2. The molecule has 0 saturated carbocycles. The number of anilines is 2. The average molecular weight is 1120 g/mol. The molecular formula is C76H52N4O6. The molecule has 0 spiro atoms. The number of hydrogen-bond acceptors (Lipinski definition) is 6. The van der Waals surface area contributed by atoms with Crippen molar-refractivity contribution in [3.8, 4) is 34.9 Å². The van der Waals surface area contributed by atoms with Gasteiger partial charge in [-0.1, -0.05) is 111 Å². The number of aromatic nitrogens is 2. The van der Waals surface area contributed by atoms with E-state index in [9.17, 15) is 30.0 Å². The summed E-state index contributed by atoms with van der Waals surface area (Å²) in [7, 11) is 0. The van der Waals surface area contributed by atoms with E-state index in [-0.39, 0.29) is 46.2 Å². The highest BCUT2D eigenvalue weighted by atomic mass is 16.3. The molecule has 412 valence electrons. The monoisotopic (exact) mass is 1120 g/mol. The first-order valence-corrected chi connectivity index (χ1v) is 26.0. The molecule has 86 heavy (non-hydrogen) atoms. The quantitative estimate of drug-likeness (QED) is 0.0825. The van der Waals surface area contributed by atoms with Crippen molar-refractivity contribution in [2.75, 3.05) is 9.80 Å². The van der Waals surface area contributed by atoms with Crippen LogP contribution in [0.15, 0.2) is 280 Å². The van der Waals surface area contributed by atoms with Crippen LogP contribution in [0, 0.1) is 0 Å². The maximum Gasteiger partial charge on any atom is 0.259 e. The molecule has 4 N–H and O–H groups in total. The van der Waals surface area contributed by atoms with Gasteiger partial charge >= 0.3 is 0 Å². The Balaban J connectivity index is 2.07. The fourth-order valence-electron chi connectivity index (χ4n) is 7.56. The number of aromatic hydroxyl groups is 4. The lowest BCUT2D eigenvalue weighted by Crippen LogP contribution is -2.42. The number of hydrogen-bond donors (Lipinski definition) is 4. The number of para-hydroxylation sites is 2. The molecule has 0 saturated heterocycles. The van der Waals surface area contributed by atoms with Crippen LogP contribution < -0.4 is 9.80 Å². The fourth-order valence-corrected chi connectivity index (χ4v) is 7.56. The van der Waals surface area contributed by atoms with Crippen molar-refractivity contribution in [3.05, 3.63) is 302 Å². The van der Waals surface area contributed by atoms with Crippen molar-refractivity contribution in [1.29, 1.82) is 0 Å². The highest BCUT2D eigenvalue weighted by Gasteiger charge is 2.38. The Morgan fingerprint density at radius 1 is 0.395 bits per heavy atom. The molecule has 4 rings (SSSR count). The van der Waals surface area contributed by atoms with E-state index < -0.39 is 41.2 Å². The van der Waals surface area contributed by atoms with E-state index in [1.54, 1.807) is 0 Å². The normalized spacial score (nSPS) is 8.53. The minimum atomic E-state index is -0.888. The molecular weight excluding hydrogens is 1060 g/mol. The van der Waals surface area contributed by atoms with Crippen molar-refractivity contribution in [2.45, 2.75) is 92.9 Å². The Labute approximate surface area is 499 Å². The van der Waals surface area contributed by atoms with E-state index in [1.165, 1.54) is 23.0 Å². The van der Waals surface area contributed by atoms with Crippen LogP contribution in [-0.4, -0.2) is 41.4 Å². The summed E-state index contributed by atoms with van der Waals surface area (Å²) in [6, 6.07) is 13.6. The summed E-state index contributed by atoms with van der Waals surface area (Å²) < 4.78 is 2.44. The number of amides is 2. The first-order valence-electron chi connectivity index (χ1n) is 26.0. The van der Waals surface area contributed by atoms with Gasteiger partial charge in [-0.05, 0) is 164 Å². The summed E-state index contributed by atoms with van der Waals surface area (Å²) in [5.74, 6) is -4.78. The molecule has 4 aromatic rings. The van der Waals surface area contributed by atoms with E-state index in [1.807, 2.05) is 91.8 Å². The number of carbonyl (C=O) groups excluding carboxylic acids is 2. The molecule has 0 unspecified atom stereocenters. The van der Waals surface area contributed by atoms with E-state index in [0.29, 0.717) is 11.4 Å². The molecule has 2 aromatic heterocycles. The third kappa shape index (κ3) is 18.2. The van der Waals surface area contributed by atoms with Gasteiger partial charge in [0.2, 0.25) is 23.5 Å². The molecule has 10 heteroatoms. The molecule has 0 aliphatic rings. The fraction of sp³-hybridized carbons (Fsp3) is 0.184. The average Bonchev–Trinajstić information content (AvgIpc) is 1.78. The van der Waals surface area contributed by atoms with E-state index in [2.05, 4.69) is 215 Å². The van der Waals surface area contributed by atoms with Crippen molar-refractivity contribution in [3.63, 3.8) is 0 Å². The third-order valence-corrected chi connectivity index (χ3v) is 11.2. The molecule has 2 amide bonds. The second kappa shape index (κ2) is 33.5. The van der Waals surface area contributed by atoms with Crippen LogP contribution in [-0.2, 0) is 9.59 Å². The largest absolute Gasteiger partial charge is 0.494 e. The SMILES string of the molecule is C=C=C=C=C=C=C=C=C=C=C=C=C=C=C=C=C=C=C=C=C=C=C=C=C=C=C=C=C=C=C=C=C=C=C=C(N(C(=O)C(=C)C)c1cc(O)n(-c2c(C(C)C)cccc2C(C)C)c1O)N(C(=O)C(=C)C)c1cc(O)n(-c2c(C(C)C)cccc2C(C)C)c1O. The Morgan fingerprint density at radius 3 is 0.826 bits per heavy atom. The van der Waals surface area contributed by atoms with Gasteiger partial charge in [-0.25, -0.2) is 18.9 Å². The second-order valence-corrected chi connectivity index (χ2v) is 18.7. The minimum absolute atomic E-state index is 0.0844. The van der Waals surface area contributed by atoms with Crippen molar-refractivity contribution >= 4 is 23.2 Å². The van der Waals surface area contributed by atoms with Crippen LogP contribution in [0.4, 0.5) is 11.4 Å². The highest BCUT2D eigenvalue weighted by Crippen LogP contribution is 2.47. The molecule has 2 heterocycles. The van der Waals surface area contributed by atoms with Crippen LogP contribution in [0.1, 0.15) is 115 Å². The summed E-state index contributed by atoms with van der Waals surface area (Å²) in [4.78, 5) is 31.4. The van der Waals surface area contributed by atoms with Gasteiger partial charge in [-0.15, -0.1) is 0 Å². The van der Waals surface area contributed by atoms with Crippen molar-refractivity contribution in [1.82, 2.24) is 9.13 Å². The lowest BCUT2D eigenvalue weighted by atomic mass is 9.92. The Morgan fingerprint density at radius 2 is 0.616 bits per heavy atom. The minimum Gasteiger partial charge on any atom is -0.494 e. The van der Waals surface area contributed by atoms with E-state index in [0.717, 1.165) is 44.2 Å². The predicted octanol–water partition coefficient (Wildman–Crippen LogP) is 14.8. The Kier molecular flexibility index (Phi) is 25.4. The Bertz CT molecular complexity index is 4770. The lowest BCUT2D eigenvalue weighted by Gasteiger charge is -2.31. The second-order valence-electron chi connectivity index (χ2n) is 18.7. The topological polar surface area (TPSA) is 131 Å². The van der Waals surface area contributed by atoms with Crippen LogP contribution in [0.2, 0.25) is 0 Å². The van der Waals surface area contributed by atoms with Crippen molar-refractivity contribution in [2.24, 2.45) is 0 Å². The van der Waals surface area contributed by atoms with Gasteiger partial charge in [0.05, 0.1) is 11.4 Å². The zero-order chi connectivity index (χ0) is 63.1. The molecule has 0 aliphatic heterocycles. The summed E-state index contributed by atoms with van der Waals surface area (Å²) in [5.41, 5.74) is 88.8. The van der Waals surface area contributed by atoms with Gasteiger partial charge in [0, 0.05) is 115 Å². The smallest absolute Gasteiger partial charge is 0.259 e. The van der Waals surface area contributed by atoms with Crippen LogP contribution in [0.25, 0.3) is 11.4 Å². The van der Waals surface area contributed by atoms with Gasteiger partial charge < -0.3 is 20.4 Å². The highest BCUT2D eigenvalue weighted by molar-refractivity contribution is 6.14. The van der Waals surface area contributed by atoms with Gasteiger partial charge in [-0.3, -0.25) is 9.59 Å². The molecule has 2 aromatic carbocycles. The van der Waals surface area contributed by atoms with E-state index in [4.69, 9.17) is 0 Å². The summed E-state index contributed by atoms with van der Waals surface area (Å²) in [6.07, 6.45) is 0. The summed E-state index contributed by atoms with van der Waals surface area (Å²) >= 11 is 0. The van der Waals surface area contributed by atoms with E-state index >= 15 is 0 Å². The molecule has 0 radical (unpaired) electrons. The molecule has 0 bridgehead atoms. The molecule has 0 aliphatic carbocycles. The van der Waals surface area contributed by atoms with Gasteiger partial charge in [0.15, 0.2) is 5.82 Å². The number of benzene rings is 2. The summed E-state index contributed by atoms with van der Waals surface area (Å²) in [6.45, 7) is 29.7. The van der Waals surface area contributed by atoms with Gasteiger partial charge in [0.1, 0.15) is 11.4 Å². The van der Waals surface area contributed by atoms with Crippen LogP contribution >= 0.6 is 0 Å². The van der Waals surface area contributed by atoms with Gasteiger partial charge in [-0.2, -0.15) is 0 Å². The maximum atomic E-state index is 14.8. The first-order chi connectivity index (χ1) is 41.3. The lowest BCUT2D eigenvalue weighted by molar-refractivity contribution is -0.115. The first kappa shape index (κ1) is 65.4. The maximum absolute atomic E-state index is 14.8. The zero-order valence-corrected chi connectivity index (χ0v) is 48.9. The predicted molar refractivity (Wildman–Crippen MR) is 328 cm³/mol. The van der Waals surface area contributed by atoms with Crippen LogP contribution in [0.3, 0.4) is 0 Å².